The highest BCUT2D eigenvalue weighted by Gasteiger charge is 2.19. The zero-order chi connectivity index (χ0) is 19.8. The van der Waals surface area contributed by atoms with Gasteiger partial charge in [0.05, 0.1) is 14.2 Å². The summed E-state index contributed by atoms with van der Waals surface area (Å²) in [6.07, 6.45) is 7.13. The molecule has 1 aromatic carbocycles. The van der Waals surface area contributed by atoms with Crippen molar-refractivity contribution in [3.8, 4) is 11.5 Å². The second-order valence-corrected chi connectivity index (χ2v) is 5.88. The van der Waals surface area contributed by atoms with E-state index in [1.54, 1.807) is 30.4 Å². The Morgan fingerprint density at radius 2 is 2.00 bits per heavy atom. The number of aromatic hydroxyl groups is 1. The minimum Gasteiger partial charge on any atom is -0.504 e. The van der Waals surface area contributed by atoms with Crippen LogP contribution in [0.5, 0.6) is 11.5 Å². The van der Waals surface area contributed by atoms with Gasteiger partial charge in [-0.2, -0.15) is 0 Å². The van der Waals surface area contributed by atoms with Crippen LogP contribution in [0.4, 0.5) is 0 Å². The first-order chi connectivity index (χ1) is 12.9. The summed E-state index contributed by atoms with van der Waals surface area (Å²) in [5.74, 6) is -0.474. The number of phenolic OH excluding ortho intramolecular Hbond substituents is 1. The molecule has 0 fully saturated rings. The number of carboxylic acids is 1. The number of rotatable bonds is 8. The molecule has 0 radical (unpaired) electrons. The van der Waals surface area contributed by atoms with E-state index in [2.05, 4.69) is 0 Å². The minimum atomic E-state index is -1.02. The van der Waals surface area contributed by atoms with Gasteiger partial charge in [0.15, 0.2) is 23.0 Å². The zero-order valence-corrected chi connectivity index (χ0v) is 15.2. The highest BCUT2D eigenvalue weighted by molar-refractivity contribution is 5.79. The van der Waals surface area contributed by atoms with Crippen LogP contribution in [-0.2, 0) is 25.5 Å². The van der Waals surface area contributed by atoms with Crippen molar-refractivity contribution in [2.24, 2.45) is 5.92 Å². The first-order valence-electron chi connectivity index (χ1n) is 8.37. The fourth-order valence-electron chi connectivity index (χ4n) is 2.59. The Bertz CT molecular complexity index is 790. The highest BCUT2D eigenvalue weighted by Crippen LogP contribution is 2.28. The van der Waals surface area contributed by atoms with Gasteiger partial charge in [-0.25, -0.2) is 4.79 Å². The number of allylic oxidation sites excluding steroid dienone is 3. The summed E-state index contributed by atoms with van der Waals surface area (Å²) in [4.78, 5) is 22.8. The first-order valence-corrected chi connectivity index (χ1v) is 8.37. The van der Waals surface area contributed by atoms with E-state index in [0.717, 1.165) is 11.6 Å². The minimum absolute atomic E-state index is 0.0394. The Morgan fingerprint density at radius 3 is 2.67 bits per heavy atom. The molecule has 7 heteroatoms. The second-order valence-electron chi connectivity index (χ2n) is 5.88. The lowest BCUT2D eigenvalue weighted by molar-refractivity contribution is -0.139. The van der Waals surface area contributed by atoms with Gasteiger partial charge in [0, 0.05) is 18.4 Å². The maximum atomic E-state index is 12.1. The molecule has 2 N–H and O–H groups in total. The summed E-state index contributed by atoms with van der Waals surface area (Å²) >= 11 is 0. The van der Waals surface area contributed by atoms with Crippen LogP contribution in [0.3, 0.4) is 0 Å². The van der Waals surface area contributed by atoms with Gasteiger partial charge in [0.2, 0.25) is 0 Å². The number of aliphatic carboxylic acids is 1. The SMILES string of the molecule is COC1=CC(C=CC(=O)O)CC=C1OC(=O)CCc1ccc(O)c(OC)c1. The summed E-state index contributed by atoms with van der Waals surface area (Å²) in [5, 5.41) is 18.3. The number of hydrogen-bond donors (Lipinski definition) is 2. The molecule has 0 spiro atoms. The van der Waals surface area contributed by atoms with Crippen LogP contribution in [0.2, 0.25) is 0 Å². The largest absolute Gasteiger partial charge is 0.504 e. The maximum absolute atomic E-state index is 12.1. The Kier molecular flexibility index (Phi) is 7.05. The van der Waals surface area contributed by atoms with Crippen LogP contribution in [0, 0.1) is 5.92 Å². The topological polar surface area (TPSA) is 102 Å². The summed E-state index contributed by atoms with van der Waals surface area (Å²) in [6, 6.07) is 4.90. The third kappa shape index (κ3) is 5.91. The molecule has 1 aliphatic carbocycles. The lowest BCUT2D eigenvalue weighted by Gasteiger charge is -2.18. The molecule has 0 heterocycles. The molecule has 0 bridgehead atoms. The van der Waals surface area contributed by atoms with Gasteiger partial charge in [0.1, 0.15) is 0 Å². The molecule has 1 unspecified atom stereocenters. The third-order valence-corrected chi connectivity index (χ3v) is 3.98. The van der Waals surface area contributed by atoms with Crippen molar-refractivity contribution < 1.29 is 34.0 Å². The predicted molar refractivity (Wildman–Crippen MR) is 97.1 cm³/mol. The number of carboxylic acid groups (broad SMARTS) is 1. The van der Waals surface area contributed by atoms with Gasteiger partial charge >= 0.3 is 11.9 Å². The summed E-state index contributed by atoms with van der Waals surface area (Å²) in [7, 11) is 2.92. The molecular formula is C20H22O7. The molecule has 0 saturated carbocycles. The molecule has 7 nitrogen and oxygen atoms in total. The molecule has 0 saturated heterocycles. The smallest absolute Gasteiger partial charge is 0.327 e. The summed E-state index contributed by atoms with van der Waals surface area (Å²) in [5.41, 5.74) is 0.834. The Hall–Kier alpha value is -3.22. The van der Waals surface area contributed by atoms with Crippen molar-refractivity contribution in [3.63, 3.8) is 0 Å². The van der Waals surface area contributed by atoms with E-state index >= 15 is 0 Å². The number of benzene rings is 1. The lowest BCUT2D eigenvalue weighted by Crippen LogP contribution is -2.12. The molecule has 1 atom stereocenters. The van der Waals surface area contributed by atoms with Crippen LogP contribution in [0.15, 0.2) is 54.0 Å². The van der Waals surface area contributed by atoms with Gasteiger partial charge in [0.25, 0.3) is 0 Å². The van der Waals surface area contributed by atoms with Crippen molar-refractivity contribution in [2.75, 3.05) is 14.2 Å². The molecule has 2 rings (SSSR count). The molecule has 1 aliphatic rings. The molecule has 1 aromatic rings. The normalized spacial score (nSPS) is 16.4. The van der Waals surface area contributed by atoms with Crippen LogP contribution in [0.1, 0.15) is 18.4 Å². The number of carbonyl (C=O) groups is 2. The van der Waals surface area contributed by atoms with Crippen LogP contribution >= 0.6 is 0 Å². The van der Waals surface area contributed by atoms with E-state index in [0.29, 0.717) is 30.1 Å². The van der Waals surface area contributed by atoms with E-state index in [9.17, 15) is 14.7 Å². The summed E-state index contributed by atoms with van der Waals surface area (Å²) < 4.78 is 15.7. The average molecular weight is 374 g/mol. The number of carbonyl (C=O) groups excluding carboxylic acids is 1. The molecule has 27 heavy (non-hydrogen) atoms. The number of phenols is 1. The Balaban J connectivity index is 1.93. The van der Waals surface area contributed by atoms with E-state index in [1.165, 1.54) is 20.3 Å². The maximum Gasteiger partial charge on any atom is 0.327 e. The fraction of sp³-hybridized carbons (Fsp3) is 0.300. The molecule has 0 aromatic heterocycles. The fourth-order valence-corrected chi connectivity index (χ4v) is 2.59. The number of ether oxygens (including phenoxy) is 3. The molecule has 0 amide bonds. The number of aryl methyl sites for hydroxylation is 1. The number of methoxy groups -OCH3 is 2. The van der Waals surface area contributed by atoms with Crippen LogP contribution in [-0.4, -0.2) is 36.4 Å². The second kappa shape index (κ2) is 9.47. The van der Waals surface area contributed by atoms with Gasteiger partial charge < -0.3 is 24.4 Å². The lowest BCUT2D eigenvalue weighted by atomic mass is 9.98. The molecular weight excluding hydrogens is 352 g/mol. The van der Waals surface area contributed by atoms with Gasteiger partial charge in [-0.1, -0.05) is 12.1 Å². The Labute approximate surface area is 157 Å². The van der Waals surface area contributed by atoms with Crippen molar-refractivity contribution in [1.29, 1.82) is 0 Å². The van der Waals surface area contributed by atoms with Crippen molar-refractivity contribution >= 4 is 11.9 Å². The van der Waals surface area contributed by atoms with E-state index < -0.39 is 11.9 Å². The van der Waals surface area contributed by atoms with Crippen LogP contribution in [0.25, 0.3) is 0 Å². The van der Waals surface area contributed by atoms with Crippen molar-refractivity contribution in [1.82, 2.24) is 0 Å². The average Bonchev–Trinajstić information content (AvgIpc) is 2.66. The predicted octanol–water partition coefficient (Wildman–Crippen LogP) is 2.95. The quantitative estimate of drug-likeness (QED) is 0.533. The van der Waals surface area contributed by atoms with Gasteiger partial charge in [-0.15, -0.1) is 0 Å². The highest BCUT2D eigenvalue weighted by atomic mass is 16.6. The standard InChI is InChI=1S/C20H22O7/c1-25-17-11-13(3-7-15(17)21)6-10-20(24)27-16-8-4-14(5-9-19(22)23)12-18(16)26-2/h3,5,7-9,11-12,14,21H,4,6,10H2,1-2H3,(H,22,23). The third-order valence-electron chi connectivity index (χ3n) is 3.98. The monoisotopic (exact) mass is 374 g/mol. The number of esters is 1. The first kappa shape index (κ1) is 20.1. The van der Waals surface area contributed by atoms with Crippen molar-refractivity contribution in [3.05, 3.63) is 59.6 Å². The van der Waals surface area contributed by atoms with Crippen molar-refractivity contribution in [2.45, 2.75) is 19.3 Å². The molecule has 0 aliphatic heterocycles. The summed E-state index contributed by atoms with van der Waals surface area (Å²) in [6.45, 7) is 0. The van der Waals surface area contributed by atoms with Gasteiger partial charge in [-0.3, -0.25) is 4.79 Å². The van der Waals surface area contributed by atoms with Gasteiger partial charge in [-0.05, 0) is 42.7 Å². The van der Waals surface area contributed by atoms with E-state index in [4.69, 9.17) is 19.3 Å². The van der Waals surface area contributed by atoms with E-state index in [-0.39, 0.29) is 18.1 Å². The molecule has 144 valence electrons. The van der Waals surface area contributed by atoms with E-state index in [1.807, 2.05) is 0 Å². The van der Waals surface area contributed by atoms with Crippen LogP contribution < -0.4 is 4.74 Å². The zero-order valence-electron chi connectivity index (χ0n) is 15.2. The Morgan fingerprint density at radius 1 is 1.22 bits per heavy atom. The number of hydrogen-bond acceptors (Lipinski definition) is 6.